The predicted molar refractivity (Wildman–Crippen MR) is 115 cm³/mol. The Morgan fingerprint density at radius 3 is 2.64 bits per heavy atom. The summed E-state index contributed by atoms with van der Waals surface area (Å²) in [6, 6.07) is 14.5. The number of nitrogens with one attached hydrogen (secondary N) is 1. The molecule has 0 aliphatic heterocycles. The molecule has 0 spiro atoms. The van der Waals surface area contributed by atoms with Crippen molar-refractivity contribution in [3.8, 4) is 0 Å². The third-order valence-corrected chi connectivity index (χ3v) is 5.86. The van der Waals surface area contributed by atoms with E-state index in [0.717, 1.165) is 27.3 Å². The Morgan fingerprint density at radius 2 is 1.93 bits per heavy atom. The van der Waals surface area contributed by atoms with Gasteiger partial charge in [-0.05, 0) is 50.8 Å². The van der Waals surface area contributed by atoms with Crippen molar-refractivity contribution in [3.63, 3.8) is 0 Å². The van der Waals surface area contributed by atoms with Crippen LogP contribution in [-0.4, -0.2) is 20.3 Å². The molecular formula is C22H24N4OS. The summed E-state index contributed by atoms with van der Waals surface area (Å²) in [5.41, 5.74) is 5.55. The van der Waals surface area contributed by atoms with Gasteiger partial charge in [0.05, 0.1) is 33.8 Å². The Labute approximate surface area is 168 Å². The Hall–Kier alpha value is -2.86. The van der Waals surface area contributed by atoms with Crippen LogP contribution in [0.15, 0.2) is 47.8 Å². The number of amides is 1. The molecule has 0 aliphatic carbocycles. The van der Waals surface area contributed by atoms with Crippen molar-refractivity contribution in [2.75, 3.05) is 5.32 Å². The van der Waals surface area contributed by atoms with Crippen molar-refractivity contribution in [3.05, 3.63) is 70.5 Å². The number of aryl methyl sites for hydroxylation is 1. The second-order valence-electron chi connectivity index (χ2n) is 7.31. The van der Waals surface area contributed by atoms with Crippen LogP contribution in [0.25, 0.3) is 10.2 Å². The molecule has 0 saturated carbocycles. The van der Waals surface area contributed by atoms with Crippen LogP contribution in [0.2, 0.25) is 0 Å². The topological polar surface area (TPSA) is 51.9 Å². The number of rotatable bonds is 5. The molecule has 0 radical (unpaired) electrons. The van der Waals surface area contributed by atoms with Gasteiger partial charge in [0, 0.05) is 6.04 Å². The standard InChI is InChI=1S/C22H24N4OS/c1-14(2)26-18-10-11-28-20(18)12-19(26)22(27)23-21-15(3)24-25(16(21)4)13-17-8-6-5-7-9-17/h5-12,14H,13H2,1-4H3,(H,23,27). The number of hydrogen-bond acceptors (Lipinski definition) is 3. The summed E-state index contributed by atoms with van der Waals surface area (Å²) >= 11 is 1.66. The largest absolute Gasteiger partial charge is 0.333 e. The van der Waals surface area contributed by atoms with Crippen LogP contribution in [0.4, 0.5) is 5.69 Å². The summed E-state index contributed by atoms with van der Waals surface area (Å²) < 4.78 is 5.17. The van der Waals surface area contributed by atoms with Crippen LogP contribution < -0.4 is 5.32 Å². The molecule has 3 heterocycles. The van der Waals surface area contributed by atoms with Crippen molar-refractivity contribution >= 4 is 33.1 Å². The van der Waals surface area contributed by atoms with E-state index in [2.05, 4.69) is 52.4 Å². The zero-order valence-corrected chi connectivity index (χ0v) is 17.4. The molecule has 144 valence electrons. The fourth-order valence-electron chi connectivity index (χ4n) is 3.64. The van der Waals surface area contributed by atoms with E-state index in [-0.39, 0.29) is 11.9 Å². The summed E-state index contributed by atoms with van der Waals surface area (Å²) in [6.07, 6.45) is 0. The van der Waals surface area contributed by atoms with E-state index in [1.165, 1.54) is 5.56 Å². The fourth-order valence-corrected chi connectivity index (χ4v) is 4.45. The monoisotopic (exact) mass is 392 g/mol. The van der Waals surface area contributed by atoms with E-state index in [9.17, 15) is 4.79 Å². The maximum Gasteiger partial charge on any atom is 0.272 e. The first kappa shape index (κ1) is 18.5. The average molecular weight is 393 g/mol. The maximum atomic E-state index is 13.1. The minimum Gasteiger partial charge on any atom is -0.333 e. The number of nitrogens with zero attached hydrogens (tertiary/aromatic N) is 3. The summed E-state index contributed by atoms with van der Waals surface area (Å²) in [6.45, 7) is 8.81. The van der Waals surface area contributed by atoms with Gasteiger partial charge in [0.1, 0.15) is 5.69 Å². The first-order valence-corrected chi connectivity index (χ1v) is 10.3. The molecule has 0 saturated heterocycles. The molecule has 1 aromatic carbocycles. The predicted octanol–water partition coefficient (Wildman–Crippen LogP) is 5.40. The number of hydrogen-bond donors (Lipinski definition) is 1. The maximum absolute atomic E-state index is 13.1. The van der Waals surface area contributed by atoms with Crippen LogP contribution in [-0.2, 0) is 6.54 Å². The van der Waals surface area contributed by atoms with Crippen LogP contribution in [0.3, 0.4) is 0 Å². The van der Waals surface area contributed by atoms with Gasteiger partial charge in [0.2, 0.25) is 0 Å². The Balaban J connectivity index is 1.64. The van der Waals surface area contributed by atoms with Crippen molar-refractivity contribution in [2.45, 2.75) is 40.3 Å². The Morgan fingerprint density at radius 1 is 1.18 bits per heavy atom. The molecule has 1 amide bonds. The van der Waals surface area contributed by atoms with Gasteiger partial charge in [-0.2, -0.15) is 5.10 Å². The molecule has 1 N–H and O–H groups in total. The van der Waals surface area contributed by atoms with E-state index >= 15 is 0 Å². The van der Waals surface area contributed by atoms with Crippen molar-refractivity contribution in [2.24, 2.45) is 0 Å². The van der Waals surface area contributed by atoms with Gasteiger partial charge in [-0.3, -0.25) is 9.48 Å². The molecule has 28 heavy (non-hydrogen) atoms. The quantitative estimate of drug-likeness (QED) is 0.494. The Bertz CT molecular complexity index is 1130. The molecule has 3 aromatic heterocycles. The van der Waals surface area contributed by atoms with Gasteiger partial charge >= 0.3 is 0 Å². The van der Waals surface area contributed by atoms with E-state index in [4.69, 9.17) is 0 Å². The molecule has 0 bridgehead atoms. The number of anilines is 1. The number of benzene rings is 1. The average Bonchev–Trinajstić information content (AvgIpc) is 3.32. The first-order valence-electron chi connectivity index (χ1n) is 9.43. The van der Waals surface area contributed by atoms with Crippen molar-refractivity contribution in [1.29, 1.82) is 0 Å². The zero-order valence-electron chi connectivity index (χ0n) is 16.6. The highest BCUT2D eigenvalue weighted by atomic mass is 32.1. The highest BCUT2D eigenvalue weighted by Crippen LogP contribution is 2.29. The first-order chi connectivity index (χ1) is 13.5. The van der Waals surface area contributed by atoms with E-state index in [1.807, 2.05) is 42.8 Å². The summed E-state index contributed by atoms with van der Waals surface area (Å²) in [7, 11) is 0. The normalized spacial score (nSPS) is 11.5. The van der Waals surface area contributed by atoms with Gasteiger partial charge in [-0.1, -0.05) is 30.3 Å². The summed E-state index contributed by atoms with van der Waals surface area (Å²) in [4.78, 5) is 13.1. The van der Waals surface area contributed by atoms with Crippen LogP contribution in [0.5, 0.6) is 0 Å². The van der Waals surface area contributed by atoms with Crippen LogP contribution >= 0.6 is 11.3 Å². The molecule has 4 aromatic rings. The number of carbonyl (C=O) groups excluding carboxylic acids is 1. The van der Waals surface area contributed by atoms with Crippen molar-refractivity contribution < 1.29 is 4.79 Å². The molecule has 5 nitrogen and oxygen atoms in total. The molecule has 0 atom stereocenters. The lowest BCUT2D eigenvalue weighted by molar-refractivity contribution is 0.101. The van der Waals surface area contributed by atoms with Gasteiger partial charge in [0.25, 0.3) is 5.91 Å². The lowest BCUT2D eigenvalue weighted by Crippen LogP contribution is -2.19. The smallest absolute Gasteiger partial charge is 0.272 e. The second-order valence-corrected chi connectivity index (χ2v) is 8.25. The third-order valence-electron chi connectivity index (χ3n) is 5.00. The lowest BCUT2D eigenvalue weighted by atomic mass is 10.2. The molecule has 4 rings (SSSR count). The van der Waals surface area contributed by atoms with E-state index in [1.54, 1.807) is 11.3 Å². The zero-order chi connectivity index (χ0) is 19.8. The molecule has 0 unspecified atom stereocenters. The molecule has 0 aliphatic rings. The lowest BCUT2D eigenvalue weighted by Gasteiger charge is -2.14. The van der Waals surface area contributed by atoms with Gasteiger partial charge < -0.3 is 9.88 Å². The minimum atomic E-state index is -0.0949. The minimum absolute atomic E-state index is 0.0949. The SMILES string of the molecule is Cc1nn(Cc2ccccc2)c(C)c1NC(=O)c1cc2sccc2n1C(C)C. The number of fused-ring (bicyclic) bond motifs is 1. The highest BCUT2D eigenvalue weighted by molar-refractivity contribution is 7.17. The van der Waals surface area contributed by atoms with Gasteiger partial charge in [-0.15, -0.1) is 11.3 Å². The summed E-state index contributed by atoms with van der Waals surface area (Å²) in [5.74, 6) is -0.0949. The summed E-state index contributed by atoms with van der Waals surface area (Å²) in [5, 5.41) is 9.81. The molecule has 6 heteroatoms. The van der Waals surface area contributed by atoms with Gasteiger partial charge in [-0.25, -0.2) is 0 Å². The molecule has 0 fully saturated rings. The van der Waals surface area contributed by atoms with Crippen LogP contribution in [0, 0.1) is 13.8 Å². The van der Waals surface area contributed by atoms with Crippen molar-refractivity contribution in [1.82, 2.24) is 14.3 Å². The number of carbonyl (C=O) groups is 1. The number of aromatic nitrogens is 3. The van der Waals surface area contributed by atoms with Crippen LogP contribution in [0.1, 0.15) is 47.3 Å². The van der Waals surface area contributed by atoms with E-state index < -0.39 is 0 Å². The van der Waals surface area contributed by atoms with Gasteiger partial charge in [0.15, 0.2) is 0 Å². The third kappa shape index (κ3) is 3.24. The fraction of sp³-hybridized carbons (Fsp3) is 0.273. The number of thiophene rings is 1. The highest BCUT2D eigenvalue weighted by Gasteiger charge is 2.21. The van der Waals surface area contributed by atoms with E-state index in [0.29, 0.717) is 12.2 Å². The second kappa shape index (κ2) is 7.28. The Kier molecular flexibility index (Phi) is 4.81. The molecular weight excluding hydrogens is 368 g/mol.